The van der Waals surface area contributed by atoms with Gasteiger partial charge in [0.1, 0.15) is 5.60 Å². The van der Waals surface area contributed by atoms with Gasteiger partial charge in [0.2, 0.25) is 0 Å². The lowest BCUT2D eigenvalue weighted by molar-refractivity contribution is -0.143. The number of hydrogen-bond donors (Lipinski definition) is 0. The maximum absolute atomic E-state index is 11.8. The molecule has 1 aromatic rings. The fourth-order valence-corrected chi connectivity index (χ4v) is 1.53. The Hall–Kier alpha value is -1.91. The number of methoxy groups -OCH3 is 1. The third-order valence-corrected chi connectivity index (χ3v) is 2.71. The van der Waals surface area contributed by atoms with Gasteiger partial charge in [0.15, 0.2) is 0 Å². The number of carbonyl (C=O) groups is 2. The molecule has 0 atom stereocenters. The molecule has 0 aromatic carbocycles. The van der Waals surface area contributed by atoms with Crippen molar-refractivity contribution in [3.63, 3.8) is 0 Å². The van der Waals surface area contributed by atoms with E-state index < -0.39 is 11.6 Å². The predicted molar refractivity (Wildman–Crippen MR) is 58.3 cm³/mol. The zero-order valence-corrected chi connectivity index (χ0v) is 9.51. The molecule has 5 heteroatoms. The number of aromatic nitrogens is 1. The molecule has 0 amide bonds. The molecule has 0 unspecified atom stereocenters. The Bertz CT molecular complexity index is 425. The largest absolute Gasteiger partial charge is 0.469 e. The first-order valence-electron chi connectivity index (χ1n) is 5.35. The fourth-order valence-electron chi connectivity index (χ4n) is 1.53. The van der Waals surface area contributed by atoms with Crippen molar-refractivity contribution in [3.8, 4) is 0 Å². The van der Waals surface area contributed by atoms with Crippen molar-refractivity contribution < 1.29 is 19.1 Å². The Morgan fingerprint density at radius 3 is 2.76 bits per heavy atom. The van der Waals surface area contributed by atoms with E-state index in [1.54, 1.807) is 18.3 Å². The molecule has 0 aliphatic heterocycles. The summed E-state index contributed by atoms with van der Waals surface area (Å²) in [7, 11) is 1.32. The van der Waals surface area contributed by atoms with Crippen LogP contribution in [0.2, 0.25) is 0 Å². The van der Waals surface area contributed by atoms with Crippen LogP contribution < -0.4 is 0 Å². The first-order chi connectivity index (χ1) is 8.15. The van der Waals surface area contributed by atoms with Crippen molar-refractivity contribution in [2.45, 2.75) is 24.9 Å². The number of ether oxygens (including phenoxy) is 2. The van der Waals surface area contributed by atoms with E-state index in [4.69, 9.17) is 4.74 Å². The number of rotatable bonds is 4. The molecule has 1 aliphatic rings. The molecular formula is C12H13NO4. The van der Waals surface area contributed by atoms with Crippen molar-refractivity contribution in [2.24, 2.45) is 0 Å². The summed E-state index contributed by atoms with van der Waals surface area (Å²) in [6.45, 7) is 0. The predicted octanol–water partition coefficient (Wildman–Crippen LogP) is 1.33. The summed E-state index contributed by atoms with van der Waals surface area (Å²) in [6.07, 6.45) is 4.55. The molecule has 2 rings (SSSR count). The summed E-state index contributed by atoms with van der Waals surface area (Å²) in [6, 6.07) is 3.29. The summed E-state index contributed by atoms with van der Waals surface area (Å²) >= 11 is 0. The first-order valence-corrected chi connectivity index (χ1v) is 5.35. The van der Waals surface area contributed by atoms with Crippen LogP contribution in [0, 0.1) is 0 Å². The number of esters is 2. The monoisotopic (exact) mass is 235 g/mol. The van der Waals surface area contributed by atoms with Crippen molar-refractivity contribution in [1.29, 1.82) is 0 Å². The van der Waals surface area contributed by atoms with Gasteiger partial charge in [-0.2, -0.15) is 0 Å². The lowest BCUT2D eigenvalue weighted by Gasteiger charge is -2.14. The van der Waals surface area contributed by atoms with Gasteiger partial charge in [0.05, 0.1) is 19.1 Å². The number of pyridine rings is 1. The smallest absolute Gasteiger partial charge is 0.340 e. The third kappa shape index (κ3) is 2.81. The van der Waals surface area contributed by atoms with Gasteiger partial charge < -0.3 is 9.47 Å². The Balaban J connectivity index is 1.97. The lowest BCUT2D eigenvalue weighted by Crippen LogP contribution is -2.24. The van der Waals surface area contributed by atoms with Crippen molar-refractivity contribution in [2.75, 3.05) is 7.11 Å². The second-order valence-electron chi connectivity index (χ2n) is 4.07. The average Bonchev–Trinajstić information content (AvgIpc) is 3.09. The van der Waals surface area contributed by atoms with Crippen molar-refractivity contribution >= 4 is 11.9 Å². The average molecular weight is 235 g/mol. The SMILES string of the molecule is COC(=O)CC1(OC(=O)c2cccnc2)CC1. The highest BCUT2D eigenvalue weighted by atomic mass is 16.6. The summed E-state index contributed by atoms with van der Waals surface area (Å²) < 4.78 is 9.90. The minimum Gasteiger partial charge on any atom is -0.469 e. The van der Waals surface area contributed by atoms with Crippen LogP contribution >= 0.6 is 0 Å². The molecule has 1 fully saturated rings. The third-order valence-electron chi connectivity index (χ3n) is 2.71. The molecule has 1 aromatic heterocycles. The second kappa shape index (κ2) is 4.53. The van der Waals surface area contributed by atoms with E-state index in [2.05, 4.69) is 9.72 Å². The minimum absolute atomic E-state index is 0.121. The van der Waals surface area contributed by atoms with Crippen LogP contribution in [-0.2, 0) is 14.3 Å². The van der Waals surface area contributed by atoms with E-state index in [1.165, 1.54) is 13.3 Å². The minimum atomic E-state index is -0.653. The molecule has 0 bridgehead atoms. The quantitative estimate of drug-likeness (QED) is 0.737. The molecular weight excluding hydrogens is 222 g/mol. The standard InChI is InChI=1S/C12H13NO4/c1-16-10(14)7-12(4-5-12)17-11(15)9-3-2-6-13-8-9/h2-3,6,8H,4-5,7H2,1H3. The molecule has 0 saturated heterocycles. The highest BCUT2D eigenvalue weighted by Crippen LogP contribution is 2.43. The normalized spacial score (nSPS) is 16.1. The van der Waals surface area contributed by atoms with E-state index in [9.17, 15) is 9.59 Å². The Morgan fingerprint density at radius 2 is 2.24 bits per heavy atom. The number of carbonyl (C=O) groups excluding carboxylic acids is 2. The van der Waals surface area contributed by atoms with Crippen LogP contribution in [0.1, 0.15) is 29.6 Å². The second-order valence-corrected chi connectivity index (χ2v) is 4.07. The molecule has 5 nitrogen and oxygen atoms in total. The summed E-state index contributed by atoms with van der Waals surface area (Å²) in [5.41, 5.74) is -0.260. The van der Waals surface area contributed by atoms with E-state index in [0.717, 1.165) is 0 Å². The van der Waals surface area contributed by atoms with Crippen LogP contribution in [0.4, 0.5) is 0 Å². The highest BCUT2D eigenvalue weighted by molar-refractivity contribution is 5.89. The molecule has 1 aliphatic carbocycles. The maximum atomic E-state index is 11.8. The molecule has 0 radical (unpaired) electrons. The Labute approximate surface area is 98.7 Å². The number of hydrogen-bond acceptors (Lipinski definition) is 5. The van der Waals surface area contributed by atoms with Gasteiger partial charge in [-0.15, -0.1) is 0 Å². The van der Waals surface area contributed by atoms with Gasteiger partial charge in [0, 0.05) is 12.4 Å². The van der Waals surface area contributed by atoms with Gasteiger partial charge >= 0.3 is 11.9 Å². The van der Waals surface area contributed by atoms with Gasteiger partial charge in [-0.05, 0) is 25.0 Å². The Kier molecular flexibility index (Phi) is 3.08. The van der Waals surface area contributed by atoms with Gasteiger partial charge in [0.25, 0.3) is 0 Å². The Morgan fingerprint density at radius 1 is 1.47 bits per heavy atom. The zero-order chi connectivity index (χ0) is 12.3. The van der Waals surface area contributed by atoms with E-state index in [-0.39, 0.29) is 12.4 Å². The molecule has 1 heterocycles. The topological polar surface area (TPSA) is 65.5 Å². The van der Waals surface area contributed by atoms with E-state index in [0.29, 0.717) is 18.4 Å². The summed E-state index contributed by atoms with van der Waals surface area (Å²) in [5.74, 6) is -0.805. The lowest BCUT2D eigenvalue weighted by atomic mass is 10.2. The zero-order valence-electron chi connectivity index (χ0n) is 9.51. The van der Waals surface area contributed by atoms with Crippen LogP contribution in [0.5, 0.6) is 0 Å². The van der Waals surface area contributed by atoms with Crippen LogP contribution in [-0.4, -0.2) is 29.6 Å². The van der Waals surface area contributed by atoms with E-state index in [1.807, 2.05) is 0 Å². The van der Waals surface area contributed by atoms with E-state index >= 15 is 0 Å². The summed E-state index contributed by atoms with van der Waals surface area (Å²) in [4.78, 5) is 26.8. The maximum Gasteiger partial charge on any atom is 0.340 e. The molecule has 0 N–H and O–H groups in total. The van der Waals surface area contributed by atoms with Gasteiger partial charge in [-0.25, -0.2) is 4.79 Å². The molecule has 1 saturated carbocycles. The first kappa shape index (κ1) is 11.6. The highest BCUT2D eigenvalue weighted by Gasteiger charge is 2.49. The van der Waals surface area contributed by atoms with Crippen molar-refractivity contribution in [1.82, 2.24) is 4.98 Å². The molecule has 0 spiro atoms. The van der Waals surface area contributed by atoms with Crippen LogP contribution in [0.25, 0.3) is 0 Å². The number of nitrogens with zero attached hydrogens (tertiary/aromatic N) is 1. The molecule has 90 valence electrons. The van der Waals surface area contributed by atoms with Crippen LogP contribution in [0.15, 0.2) is 24.5 Å². The van der Waals surface area contributed by atoms with Gasteiger partial charge in [-0.1, -0.05) is 0 Å². The van der Waals surface area contributed by atoms with Crippen LogP contribution in [0.3, 0.4) is 0 Å². The molecule has 17 heavy (non-hydrogen) atoms. The fraction of sp³-hybridized carbons (Fsp3) is 0.417. The van der Waals surface area contributed by atoms with Gasteiger partial charge in [-0.3, -0.25) is 9.78 Å². The van der Waals surface area contributed by atoms with Crippen molar-refractivity contribution in [3.05, 3.63) is 30.1 Å². The summed E-state index contributed by atoms with van der Waals surface area (Å²) in [5, 5.41) is 0.